The summed E-state index contributed by atoms with van der Waals surface area (Å²) in [5, 5.41) is 3.88. The van der Waals surface area contributed by atoms with Gasteiger partial charge in [-0.2, -0.15) is 0 Å². The highest BCUT2D eigenvalue weighted by Crippen LogP contribution is 2.34. The van der Waals surface area contributed by atoms with Crippen molar-refractivity contribution < 1.29 is 4.74 Å². The fourth-order valence-electron chi connectivity index (χ4n) is 5.02. The number of hydrogen-bond donors (Lipinski definition) is 1. The van der Waals surface area contributed by atoms with Crippen LogP contribution in [0.3, 0.4) is 0 Å². The highest BCUT2D eigenvalue weighted by atomic mass is 16.5. The Bertz CT molecular complexity index is 1020. The lowest BCUT2D eigenvalue weighted by Crippen LogP contribution is -2.39. The van der Waals surface area contributed by atoms with Crippen molar-refractivity contribution in [2.45, 2.75) is 64.0 Å². The van der Waals surface area contributed by atoms with Crippen molar-refractivity contribution in [1.29, 1.82) is 0 Å². The summed E-state index contributed by atoms with van der Waals surface area (Å²) in [7, 11) is 0. The van der Waals surface area contributed by atoms with E-state index in [4.69, 9.17) is 4.74 Å². The average molecular weight is 412 g/mol. The van der Waals surface area contributed by atoms with Gasteiger partial charge in [0.05, 0.1) is 6.61 Å². The molecule has 31 heavy (non-hydrogen) atoms. The van der Waals surface area contributed by atoms with E-state index in [0.717, 1.165) is 18.2 Å². The van der Waals surface area contributed by atoms with Crippen LogP contribution in [0, 0.1) is 6.92 Å². The maximum absolute atomic E-state index is 6.16. The van der Waals surface area contributed by atoms with Crippen molar-refractivity contribution in [3.05, 3.63) is 89.0 Å². The number of rotatable bonds is 7. The molecule has 1 saturated carbocycles. The van der Waals surface area contributed by atoms with E-state index in [9.17, 15) is 0 Å². The molecule has 2 nitrogen and oxygen atoms in total. The molecule has 0 saturated heterocycles. The molecule has 0 radical (unpaired) electrons. The normalized spacial score (nSPS) is 18.3. The first-order valence-electron chi connectivity index (χ1n) is 11.9. The maximum atomic E-state index is 6.16. The number of nitrogens with one attached hydrogen (secondary N) is 1. The second-order valence-electron chi connectivity index (χ2n) is 9.21. The molecule has 2 aliphatic carbocycles. The number of hydrogen-bond acceptors (Lipinski definition) is 2. The molecule has 0 amide bonds. The third-order valence-corrected chi connectivity index (χ3v) is 7.01. The van der Waals surface area contributed by atoms with Crippen molar-refractivity contribution in [1.82, 2.24) is 5.32 Å². The quantitative estimate of drug-likeness (QED) is 0.461. The predicted molar refractivity (Wildman–Crippen MR) is 129 cm³/mol. The van der Waals surface area contributed by atoms with Gasteiger partial charge in [-0.05, 0) is 84.5 Å². The van der Waals surface area contributed by atoms with Gasteiger partial charge in [0.1, 0.15) is 5.75 Å². The smallest absolute Gasteiger partial charge is 0.119 e. The van der Waals surface area contributed by atoms with Gasteiger partial charge in [0.25, 0.3) is 0 Å². The van der Waals surface area contributed by atoms with Gasteiger partial charge in [-0.1, -0.05) is 61.0 Å². The Morgan fingerprint density at radius 2 is 1.77 bits per heavy atom. The summed E-state index contributed by atoms with van der Waals surface area (Å²) < 4.78 is 6.16. The van der Waals surface area contributed by atoms with E-state index in [-0.39, 0.29) is 0 Å². The van der Waals surface area contributed by atoms with Crippen molar-refractivity contribution in [2.75, 3.05) is 6.61 Å². The summed E-state index contributed by atoms with van der Waals surface area (Å²) in [5.41, 5.74) is 8.22. The summed E-state index contributed by atoms with van der Waals surface area (Å²) in [6.07, 6.45) is 8.72. The SMILES string of the molecule is Cc1cc(CCOc2ccc3c(c2)CCC[C@@H]3NC2CCC2)ccc1-c1ccccc1. The summed E-state index contributed by atoms with van der Waals surface area (Å²) in [5.74, 6) is 1.01. The number of fused-ring (bicyclic) bond motifs is 1. The molecule has 0 aliphatic heterocycles. The third-order valence-electron chi connectivity index (χ3n) is 7.01. The average Bonchev–Trinajstić information content (AvgIpc) is 2.77. The van der Waals surface area contributed by atoms with E-state index in [1.165, 1.54) is 71.9 Å². The summed E-state index contributed by atoms with van der Waals surface area (Å²) in [6.45, 7) is 2.91. The van der Waals surface area contributed by atoms with Crippen molar-refractivity contribution in [3.63, 3.8) is 0 Å². The molecule has 0 bridgehead atoms. The van der Waals surface area contributed by atoms with Crippen LogP contribution in [0.5, 0.6) is 5.75 Å². The summed E-state index contributed by atoms with van der Waals surface area (Å²) in [4.78, 5) is 0. The maximum Gasteiger partial charge on any atom is 0.119 e. The van der Waals surface area contributed by atoms with Gasteiger partial charge in [0.15, 0.2) is 0 Å². The molecule has 1 fully saturated rings. The van der Waals surface area contributed by atoms with Crippen LogP contribution in [-0.2, 0) is 12.8 Å². The third kappa shape index (κ3) is 4.70. The Labute approximate surface area is 186 Å². The minimum absolute atomic E-state index is 0.536. The molecule has 0 unspecified atom stereocenters. The molecule has 1 N–H and O–H groups in total. The van der Waals surface area contributed by atoms with Crippen LogP contribution < -0.4 is 10.1 Å². The van der Waals surface area contributed by atoms with Gasteiger partial charge < -0.3 is 10.1 Å². The number of ether oxygens (including phenoxy) is 1. The lowest BCUT2D eigenvalue weighted by Gasteiger charge is -2.34. The Morgan fingerprint density at radius 3 is 2.55 bits per heavy atom. The second-order valence-corrected chi connectivity index (χ2v) is 9.21. The monoisotopic (exact) mass is 411 g/mol. The molecule has 2 heteroatoms. The number of aryl methyl sites for hydroxylation is 2. The first-order chi connectivity index (χ1) is 15.3. The van der Waals surface area contributed by atoms with Gasteiger partial charge >= 0.3 is 0 Å². The first kappa shape index (κ1) is 20.3. The Hall–Kier alpha value is -2.58. The molecule has 3 aromatic carbocycles. The topological polar surface area (TPSA) is 21.3 Å². The van der Waals surface area contributed by atoms with E-state index in [0.29, 0.717) is 12.6 Å². The molecule has 5 rings (SSSR count). The molecular weight excluding hydrogens is 378 g/mol. The van der Waals surface area contributed by atoms with Crippen LogP contribution in [0.2, 0.25) is 0 Å². The minimum Gasteiger partial charge on any atom is -0.493 e. The molecule has 1 atom stereocenters. The number of benzene rings is 3. The molecule has 0 heterocycles. The zero-order valence-corrected chi connectivity index (χ0v) is 18.6. The highest BCUT2D eigenvalue weighted by molar-refractivity contribution is 5.67. The van der Waals surface area contributed by atoms with Crippen molar-refractivity contribution >= 4 is 0 Å². The molecule has 160 valence electrons. The Morgan fingerprint density at radius 1 is 0.903 bits per heavy atom. The van der Waals surface area contributed by atoms with Crippen molar-refractivity contribution in [2.24, 2.45) is 0 Å². The van der Waals surface area contributed by atoms with Gasteiger partial charge in [-0.25, -0.2) is 0 Å². The van der Waals surface area contributed by atoms with E-state index in [1.807, 2.05) is 0 Å². The minimum atomic E-state index is 0.536. The van der Waals surface area contributed by atoms with Gasteiger partial charge in [-0.15, -0.1) is 0 Å². The van der Waals surface area contributed by atoms with Crippen LogP contribution in [-0.4, -0.2) is 12.6 Å². The standard InChI is InChI=1S/C29H33NO/c1-21-19-22(13-15-27(21)23-7-3-2-4-8-23)17-18-31-26-14-16-28-24(20-26)9-5-12-29(28)30-25-10-6-11-25/h2-4,7-8,13-16,19-20,25,29-30H,5-6,9-12,17-18H2,1H3/t29-/m0/s1. The summed E-state index contributed by atoms with van der Waals surface area (Å²) >= 11 is 0. The van der Waals surface area contributed by atoms with Crippen LogP contribution in [0.4, 0.5) is 0 Å². The van der Waals surface area contributed by atoms with E-state index in [2.05, 4.69) is 79.0 Å². The molecule has 3 aromatic rings. The second kappa shape index (κ2) is 9.28. The molecule has 0 aromatic heterocycles. The van der Waals surface area contributed by atoms with Crippen LogP contribution in [0.1, 0.15) is 60.4 Å². The van der Waals surface area contributed by atoms with Gasteiger partial charge in [-0.3, -0.25) is 0 Å². The van der Waals surface area contributed by atoms with Crippen LogP contribution >= 0.6 is 0 Å². The largest absolute Gasteiger partial charge is 0.493 e. The van der Waals surface area contributed by atoms with Crippen molar-refractivity contribution in [3.8, 4) is 16.9 Å². The van der Waals surface area contributed by atoms with Crippen LogP contribution in [0.15, 0.2) is 66.7 Å². The lowest BCUT2D eigenvalue weighted by molar-refractivity contribution is 0.289. The molecule has 2 aliphatic rings. The van der Waals surface area contributed by atoms with E-state index < -0.39 is 0 Å². The lowest BCUT2D eigenvalue weighted by atomic mass is 9.85. The highest BCUT2D eigenvalue weighted by Gasteiger charge is 2.25. The van der Waals surface area contributed by atoms with E-state index in [1.54, 1.807) is 0 Å². The first-order valence-corrected chi connectivity index (χ1v) is 11.9. The Balaban J connectivity index is 1.19. The van der Waals surface area contributed by atoms with Crippen LogP contribution in [0.25, 0.3) is 11.1 Å². The molecule has 0 spiro atoms. The zero-order chi connectivity index (χ0) is 21.0. The summed E-state index contributed by atoms with van der Waals surface area (Å²) in [6, 6.07) is 25.4. The zero-order valence-electron chi connectivity index (χ0n) is 18.6. The Kier molecular flexibility index (Phi) is 6.08. The molecular formula is C29H33NO. The van der Waals surface area contributed by atoms with E-state index >= 15 is 0 Å². The van der Waals surface area contributed by atoms with Gasteiger partial charge in [0.2, 0.25) is 0 Å². The predicted octanol–water partition coefficient (Wildman–Crippen LogP) is 6.80. The fraction of sp³-hybridized carbons (Fsp3) is 0.379. The van der Waals surface area contributed by atoms with Gasteiger partial charge in [0, 0.05) is 18.5 Å². The fourth-order valence-corrected chi connectivity index (χ4v) is 5.02.